The highest BCUT2D eigenvalue weighted by Gasteiger charge is 2.24. The van der Waals surface area contributed by atoms with E-state index < -0.39 is 0 Å². The number of hydrogen-bond donors (Lipinski definition) is 3. The van der Waals surface area contributed by atoms with E-state index in [-0.39, 0.29) is 10.6 Å². The number of hydrogen-bond acceptors (Lipinski definition) is 8. The molecule has 5 rings (SSSR count). The summed E-state index contributed by atoms with van der Waals surface area (Å²) in [5.74, 6) is 1.81. The molecule has 0 bridgehead atoms. The highest BCUT2D eigenvalue weighted by Crippen LogP contribution is 2.31. The second-order valence-corrected chi connectivity index (χ2v) is 12.1. The Kier molecular flexibility index (Phi) is 9.01. The minimum Gasteiger partial charge on any atom is -0.362 e. The maximum atomic E-state index is 10.8. The summed E-state index contributed by atoms with van der Waals surface area (Å²) >= 11 is 7.15. The minimum atomic E-state index is -0.389. The van der Waals surface area contributed by atoms with Gasteiger partial charge in [-0.25, -0.2) is 4.98 Å². The van der Waals surface area contributed by atoms with Crippen LogP contribution in [0.3, 0.4) is 0 Å². The molecule has 11 heteroatoms. The van der Waals surface area contributed by atoms with Gasteiger partial charge < -0.3 is 20.9 Å². The van der Waals surface area contributed by atoms with Crippen LogP contribution in [0.25, 0.3) is 0 Å². The van der Waals surface area contributed by atoms with Crippen molar-refractivity contribution in [1.82, 2.24) is 15.3 Å². The first-order valence-electron chi connectivity index (χ1n) is 13.8. The summed E-state index contributed by atoms with van der Waals surface area (Å²) in [6, 6.07) is 15.3. The lowest BCUT2D eigenvalue weighted by molar-refractivity contribution is -0.384. The highest BCUT2D eigenvalue weighted by atomic mass is 32.2. The number of rotatable bonds is 8. The van der Waals surface area contributed by atoms with Gasteiger partial charge in [0, 0.05) is 59.4 Å². The fraction of sp³-hybridized carbons (Fsp3) is 0.414. The van der Waals surface area contributed by atoms with Crippen LogP contribution in [0.15, 0.2) is 58.3 Å². The molecule has 2 aromatic carbocycles. The molecular formula is C29H35N7O2S2. The minimum absolute atomic E-state index is 0.0941. The van der Waals surface area contributed by atoms with E-state index in [0.717, 1.165) is 65.8 Å². The van der Waals surface area contributed by atoms with Crippen LogP contribution in [0.2, 0.25) is 0 Å². The maximum absolute atomic E-state index is 10.8. The smallest absolute Gasteiger partial charge is 0.269 e. The van der Waals surface area contributed by atoms with Gasteiger partial charge in [-0.1, -0.05) is 11.8 Å². The molecule has 0 saturated heterocycles. The third-order valence-corrected chi connectivity index (χ3v) is 8.61. The van der Waals surface area contributed by atoms with E-state index in [2.05, 4.69) is 34.9 Å². The molecule has 1 aromatic heterocycles. The molecule has 2 aliphatic carbocycles. The zero-order chi connectivity index (χ0) is 28.1. The van der Waals surface area contributed by atoms with Crippen molar-refractivity contribution in [3.8, 4) is 0 Å². The Morgan fingerprint density at radius 2 is 1.57 bits per heavy atom. The van der Waals surface area contributed by atoms with E-state index in [1.54, 1.807) is 23.9 Å². The Morgan fingerprint density at radius 1 is 0.950 bits per heavy atom. The SMILES string of the molecule is CN(C)c1nc(NC2CCC(NC(=S)Nc3ccc(Sc4ccc([N+](=O)[O-])cc4)cc3)CC2)nc2c1CCCC2. The fourth-order valence-corrected chi connectivity index (χ4v) is 6.41. The van der Waals surface area contributed by atoms with Crippen molar-refractivity contribution in [3.05, 3.63) is 69.9 Å². The predicted molar refractivity (Wildman–Crippen MR) is 166 cm³/mol. The number of aryl methyl sites for hydroxylation is 1. The van der Waals surface area contributed by atoms with E-state index in [1.807, 2.05) is 24.3 Å². The van der Waals surface area contributed by atoms with Gasteiger partial charge in [0.1, 0.15) is 5.82 Å². The summed E-state index contributed by atoms with van der Waals surface area (Å²) < 4.78 is 0. The molecule has 0 aliphatic heterocycles. The Labute approximate surface area is 244 Å². The molecule has 1 saturated carbocycles. The lowest BCUT2D eigenvalue weighted by Crippen LogP contribution is -2.42. The molecule has 1 fully saturated rings. The zero-order valence-electron chi connectivity index (χ0n) is 22.9. The first-order valence-corrected chi connectivity index (χ1v) is 15.0. The van der Waals surface area contributed by atoms with Crippen LogP contribution in [0.1, 0.15) is 49.8 Å². The van der Waals surface area contributed by atoms with Gasteiger partial charge >= 0.3 is 0 Å². The third-order valence-electron chi connectivity index (χ3n) is 7.38. The van der Waals surface area contributed by atoms with Crippen LogP contribution in [0.5, 0.6) is 0 Å². The first kappa shape index (κ1) is 28.1. The van der Waals surface area contributed by atoms with Crippen molar-refractivity contribution in [2.45, 2.75) is 73.2 Å². The van der Waals surface area contributed by atoms with Crippen molar-refractivity contribution in [2.75, 3.05) is 29.6 Å². The first-order chi connectivity index (χ1) is 19.3. The van der Waals surface area contributed by atoms with Crippen molar-refractivity contribution < 1.29 is 4.92 Å². The van der Waals surface area contributed by atoms with Gasteiger partial charge in [-0.3, -0.25) is 10.1 Å². The number of benzene rings is 2. The topological polar surface area (TPSA) is 108 Å². The summed E-state index contributed by atoms with van der Waals surface area (Å²) in [5, 5.41) is 21.9. The highest BCUT2D eigenvalue weighted by molar-refractivity contribution is 7.99. The van der Waals surface area contributed by atoms with Crippen molar-refractivity contribution in [1.29, 1.82) is 0 Å². The number of anilines is 3. The predicted octanol–water partition coefficient (Wildman–Crippen LogP) is 6.19. The summed E-state index contributed by atoms with van der Waals surface area (Å²) in [4.78, 5) is 24.3. The number of aromatic nitrogens is 2. The number of nitro benzene ring substituents is 1. The van der Waals surface area contributed by atoms with E-state index in [0.29, 0.717) is 17.2 Å². The zero-order valence-corrected chi connectivity index (χ0v) is 24.5. The number of nitro groups is 1. The monoisotopic (exact) mass is 577 g/mol. The van der Waals surface area contributed by atoms with Gasteiger partial charge in [0.05, 0.1) is 10.6 Å². The van der Waals surface area contributed by atoms with E-state index >= 15 is 0 Å². The van der Waals surface area contributed by atoms with Crippen LogP contribution in [-0.4, -0.2) is 46.2 Å². The van der Waals surface area contributed by atoms with E-state index in [4.69, 9.17) is 22.2 Å². The molecule has 210 valence electrons. The maximum Gasteiger partial charge on any atom is 0.269 e. The Hall–Kier alpha value is -3.44. The molecule has 2 aliphatic rings. The molecule has 0 radical (unpaired) electrons. The molecular weight excluding hydrogens is 543 g/mol. The average molecular weight is 578 g/mol. The largest absolute Gasteiger partial charge is 0.362 e. The van der Waals surface area contributed by atoms with Gasteiger partial charge in [-0.2, -0.15) is 4.98 Å². The van der Waals surface area contributed by atoms with Crippen LogP contribution in [0.4, 0.5) is 23.1 Å². The quantitative estimate of drug-likeness (QED) is 0.163. The summed E-state index contributed by atoms with van der Waals surface area (Å²) in [6.45, 7) is 0. The lowest BCUT2D eigenvalue weighted by atomic mass is 9.91. The van der Waals surface area contributed by atoms with Gasteiger partial charge in [-0.15, -0.1) is 0 Å². The number of thiocarbonyl (C=S) groups is 1. The second-order valence-electron chi connectivity index (χ2n) is 10.6. The molecule has 40 heavy (non-hydrogen) atoms. The molecule has 0 spiro atoms. The summed E-state index contributed by atoms with van der Waals surface area (Å²) in [5.41, 5.74) is 3.53. The number of fused-ring (bicyclic) bond motifs is 1. The summed E-state index contributed by atoms with van der Waals surface area (Å²) in [7, 11) is 4.12. The lowest BCUT2D eigenvalue weighted by Gasteiger charge is -2.31. The third kappa shape index (κ3) is 7.19. The Balaban J connectivity index is 1.08. The molecule has 0 atom stereocenters. The molecule has 0 amide bonds. The van der Waals surface area contributed by atoms with Crippen LogP contribution in [0, 0.1) is 10.1 Å². The molecule has 9 nitrogen and oxygen atoms in total. The van der Waals surface area contributed by atoms with Crippen LogP contribution < -0.4 is 20.9 Å². The Bertz CT molecular complexity index is 1340. The molecule has 1 heterocycles. The van der Waals surface area contributed by atoms with E-state index in [9.17, 15) is 10.1 Å². The second kappa shape index (κ2) is 12.8. The average Bonchev–Trinajstić information content (AvgIpc) is 2.95. The van der Waals surface area contributed by atoms with Gasteiger partial charge in [0.15, 0.2) is 5.11 Å². The van der Waals surface area contributed by atoms with E-state index in [1.165, 1.54) is 36.2 Å². The van der Waals surface area contributed by atoms with Gasteiger partial charge in [0.25, 0.3) is 5.69 Å². The number of nitrogens with one attached hydrogen (secondary N) is 3. The Morgan fingerprint density at radius 3 is 2.23 bits per heavy atom. The normalized spacial score (nSPS) is 18.4. The van der Waals surface area contributed by atoms with Crippen molar-refractivity contribution in [3.63, 3.8) is 0 Å². The van der Waals surface area contributed by atoms with Crippen molar-refractivity contribution in [2.24, 2.45) is 0 Å². The number of nitrogens with zero attached hydrogens (tertiary/aromatic N) is 4. The van der Waals surface area contributed by atoms with Crippen LogP contribution >= 0.6 is 24.0 Å². The standard InChI is InChI=1S/C29H35N7O2S2/c1-35(2)27-25-5-3-4-6-26(25)33-28(34-27)30-19-7-9-20(10-8-19)31-29(39)32-21-11-15-23(16-12-21)40-24-17-13-22(14-18-24)36(37)38/h11-20H,3-10H2,1-2H3,(H,30,33,34)(H2,31,32,39). The molecule has 0 unspecified atom stereocenters. The summed E-state index contributed by atoms with van der Waals surface area (Å²) in [6.07, 6.45) is 8.64. The molecule has 3 N–H and O–H groups in total. The number of non-ortho nitro benzene ring substituents is 1. The van der Waals surface area contributed by atoms with Crippen LogP contribution in [-0.2, 0) is 12.8 Å². The van der Waals surface area contributed by atoms with Gasteiger partial charge in [-0.05, 0) is 100.0 Å². The fourth-order valence-electron chi connectivity index (χ4n) is 5.30. The molecule has 3 aromatic rings. The van der Waals surface area contributed by atoms with Crippen molar-refractivity contribution >= 4 is 52.2 Å². The van der Waals surface area contributed by atoms with Gasteiger partial charge in [0.2, 0.25) is 5.95 Å².